The molecule has 0 fully saturated rings. The molecule has 2 aromatic rings. The molecule has 2 rings (SSSR count). The van der Waals surface area contributed by atoms with Gasteiger partial charge in [-0.2, -0.15) is 0 Å². The molecule has 17 heavy (non-hydrogen) atoms. The molecule has 0 amide bonds. The second-order valence-corrected chi connectivity index (χ2v) is 4.03. The van der Waals surface area contributed by atoms with E-state index in [4.69, 9.17) is 10.5 Å². The van der Waals surface area contributed by atoms with Gasteiger partial charge in [0.2, 0.25) is 0 Å². The van der Waals surface area contributed by atoms with Crippen LogP contribution in [0.25, 0.3) is 0 Å². The Morgan fingerprint density at radius 3 is 2.59 bits per heavy atom. The van der Waals surface area contributed by atoms with Crippen LogP contribution in [0.5, 0.6) is 5.75 Å². The van der Waals surface area contributed by atoms with E-state index in [0.29, 0.717) is 6.61 Å². The van der Waals surface area contributed by atoms with Gasteiger partial charge in [-0.25, -0.2) is 0 Å². The summed E-state index contributed by atoms with van der Waals surface area (Å²) in [5, 5.41) is 7.78. The van der Waals surface area contributed by atoms with Crippen LogP contribution in [0.15, 0.2) is 30.5 Å². The molecule has 1 aromatic heterocycles. The highest BCUT2D eigenvalue weighted by atomic mass is 16.5. The van der Waals surface area contributed by atoms with Crippen molar-refractivity contribution in [2.45, 2.75) is 19.6 Å². The molecule has 1 heterocycles. The van der Waals surface area contributed by atoms with E-state index in [2.05, 4.69) is 10.3 Å². The molecule has 0 radical (unpaired) electrons. The molecule has 5 nitrogen and oxygen atoms in total. The average molecular weight is 232 g/mol. The Morgan fingerprint density at radius 1 is 1.35 bits per heavy atom. The Labute approximate surface area is 100 Å². The van der Waals surface area contributed by atoms with Crippen LogP contribution in [0, 0.1) is 0 Å². The van der Waals surface area contributed by atoms with E-state index >= 15 is 0 Å². The Morgan fingerprint density at radius 2 is 2.06 bits per heavy atom. The van der Waals surface area contributed by atoms with Crippen LogP contribution in [0.1, 0.15) is 24.2 Å². The summed E-state index contributed by atoms with van der Waals surface area (Å²) in [4.78, 5) is 0. The molecule has 0 aliphatic carbocycles. The van der Waals surface area contributed by atoms with Gasteiger partial charge in [0.05, 0.1) is 6.20 Å². The van der Waals surface area contributed by atoms with Crippen molar-refractivity contribution in [3.8, 4) is 5.75 Å². The molecular formula is C12H16N4O. The summed E-state index contributed by atoms with van der Waals surface area (Å²) in [6, 6.07) is 7.81. The van der Waals surface area contributed by atoms with Gasteiger partial charge in [0.1, 0.15) is 18.1 Å². The Bertz CT molecular complexity index is 476. The molecular weight excluding hydrogens is 216 g/mol. The van der Waals surface area contributed by atoms with Gasteiger partial charge in [0.15, 0.2) is 0 Å². The molecule has 1 aromatic carbocycles. The minimum atomic E-state index is 0.0454. The fourth-order valence-corrected chi connectivity index (χ4v) is 1.49. The fraction of sp³-hybridized carbons (Fsp3) is 0.333. The van der Waals surface area contributed by atoms with E-state index in [1.807, 2.05) is 44.4 Å². The molecule has 5 heteroatoms. The van der Waals surface area contributed by atoms with Crippen LogP contribution >= 0.6 is 0 Å². The predicted octanol–water partition coefficient (Wildman–Crippen LogP) is 1.41. The second-order valence-electron chi connectivity index (χ2n) is 4.03. The number of nitrogens with zero attached hydrogens (tertiary/aromatic N) is 3. The van der Waals surface area contributed by atoms with Gasteiger partial charge in [0, 0.05) is 13.1 Å². The molecule has 0 saturated heterocycles. The third kappa shape index (κ3) is 3.04. The van der Waals surface area contributed by atoms with Crippen molar-refractivity contribution in [2.75, 3.05) is 0 Å². The second kappa shape index (κ2) is 4.97. The van der Waals surface area contributed by atoms with Gasteiger partial charge in [-0.05, 0) is 24.6 Å². The summed E-state index contributed by atoms with van der Waals surface area (Å²) in [7, 11) is 1.83. The van der Waals surface area contributed by atoms with Crippen molar-refractivity contribution in [2.24, 2.45) is 12.8 Å². The number of nitrogens with two attached hydrogens (primary N) is 1. The molecule has 90 valence electrons. The first-order valence-electron chi connectivity index (χ1n) is 5.48. The van der Waals surface area contributed by atoms with Crippen LogP contribution in [0.2, 0.25) is 0 Å². The normalized spacial score (nSPS) is 12.4. The lowest BCUT2D eigenvalue weighted by Gasteiger charge is -2.07. The number of ether oxygens (including phenoxy) is 1. The highest BCUT2D eigenvalue weighted by Crippen LogP contribution is 2.16. The third-order valence-electron chi connectivity index (χ3n) is 2.44. The number of hydrogen-bond acceptors (Lipinski definition) is 4. The van der Waals surface area contributed by atoms with Crippen molar-refractivity contribution in [3.05, 3.63) is 41.7 Å². The van der Waals surface area contributed by atoms with Crippen molar-refractivity contribution in [1.29, 1.82) is 0 Å². The number of aromatic nitrogens is 3. The first-order chi connectivity index (χ1) is 8.15. The standard InChI is InChI=1S/C12H16N4O/c1-9(13)10-3-5-12(6-4-10)17-8-11-7-16(2)15-14-11/h3-7,9H,8,13H2,1-2H3/t9-/m0/s1. The lowest BCUT2D eigenvalue weighted by atomic mass is 10.1. The van der Waals surface area contributed by atoms with E-state index in [1.165, 1.54) is 0 Å². The zero-order valence-corrected chi connectivity index (χ0v) is 10.00. The minimum Gasteiger partial charge on any atom is -0.487 e. The van der Waals surface area contributed by atoms with Crippen molar-refractivity contribution >= 4 is 0 Å². The maximum atomic E-state index is 5.77. The number of rotatable bonds is 4. The van der Waals surface area contributed by atoms with E-state index in [-0.39, 0.29) is 6.04 Å². The number of hydrogen-bond donors (Lipinski definition) is 1. The summed E-state index contributed by atoms with van der Waals surface area (Å²) >= 11 is 0. The summed E-state index contributed by atoms with van der Waals surface area (Å²) in [5.74, 6) is 0.806. The van der Waals surface area contributed by atoms with Crippen molar-refractivity contribution < 1.29 is 4.74 Å². The maximum absolute atomic E-state index is 5.77. The molecule has 1 atom stereocenters. The SMILES string of the molecule is C[C@H](N)c1ccc(OCc2cn(C)nn2)cc1. The van der Waals surface area contributed by atoms with Crippen LogP contribution in [-0.4, -0.2) is 15.0 Å². The first-order valence-corrected chi connectivity index (χ1v) is 5.48. The van der Waals surface area contributed by atoms with Crippen LogP contribution < -0.4 is 10.5 Å². The summed E-state index contributed by atoms with van der Waals surface area (Å²) in [5.41, 5.74) is 7.67. The molecule has 2 N–H and O–H groups in total. The van der Waals surface area contributed by atoms with E-state index in [1.54, 1.807) is 4.68 Å². The molecule has 0 aliphatic rings. The van der Waals surface area contributed by atoms with Gasteiger partial charge in [-0.3, -0.25) is 4.68 Å². The number of benzene rings is 1. The highest BCUT2D eigenvalue weighted by Gasteiger charge is 2.02. The topological polar surface area (TPSA) is 66.0 Å². The smallest absolute Gasteiger partial charge is 0.134 e. The summed E-state index contributed by atoms with van der Waals surface area (Å²) in [6.45, 7) is 2.38. The molecule has 0 unspecified atom stereocenters. The van der Waals surface area contributed by atoms with Crippen molar-refractivity contribution in [1.82, 2.24) is 15.0 Å². The molecule has 0 bridgehead atoms. The zero-order valence-electron chi connectivity index (χ0n) is 10.00. The van der Waals surface area contributed by atoms with Gasteiger partial charge >= 0.3 is 0 Å². The van der Waals surface area contributed by atoms with Gasteiger partial charge in [-0.1, -0.05) is 17.3 Å². The zero-order chi connectivity index (χ0) is 12.3. The maximum Gasteiger partial charge on any atom is 0.134 e. The monoisotopic (exact) mass is 232 g/mol. The molecule has 0 spiro atoms. The quantitative estimate of drug-likeness (QED) is 0.865. The predicted molar refractivity (Wildman–Crippen MR) is 64.4 cm³/mol. The third-order valence-corrected chi connectivity index (χ3v) is 2.44. The van der Waals surface area contributed by atoms with Gasteiger partial charge < -0.3 is 10.5 Å². The van der Waals surface area contributed by atoms with Crippen molar-refractivity contribution in [3.63, 3.8) is 0 Å². The number of aryl methyl sites for hydroxylation is 1. The van der Waals surface area contributed by atoms with E-state index in [9.17, 15) is 0 Å². The Hall–Kier alpha value is -1.88. The van der Waals surface area contributed by atoms with Gasteiger partial charge in [0.25, 0.3) is 0 Å². The lowest BCUT2D eigenvalue weighted by Crippen LogP contribution is -2.04. The fourth-order valence-electron chi connectivity index (χ4n) is 1.49. The molecule has 0 saturated carbocycles. The van der Waals surface area contributed by atoms with Crippen LogP contribution in [0.4, 0.5) is 0 Å². The lowest BCUT2D eigenvalue weighted by molar-refractivity contribution is 0.301. The van der Waals surface area contributed by atoms with Crippen LogP contribution in [-0.2, 0) is 13.7 Å². The first kappa shape index (κ1) is 11.6. The Kier molecular flexibility index (Phi) is 3.39. The molecule has 0 aliphatic heterocycles. The summed E-state index contributed by atoms with van der Waals surface area (Å²) in [6.07, 6.45) is 1.83. The highest BCUT2D eigenvalue weighted by molar-refractivity contribution is 5.28. The van der Waals surface area contributed by atoms with E-state index in [0.717, 1.165) is 17.0 Å². The minimum absolute atomic E-state index is 0.0454. The van der Waals surface area contributed by atoms with Crippen LogP contribution in [0.3, 0.4) is 0 Å². The Balaban J connectivity index is 1.95. The largest absolute Gasteiger partial charge is 0.487 e. The van der Waals surface area contributed by atoms with Gasteiger partial charge in [-0.15, -0.1) is 5.10 Å². The average Bonchev–Trinajstić information content (AvgIpc) is 2.73. The summed E-state index contributed by atoms with van der Waals surface area (Å²) < 4.78 is 7.23. The van der Waals surface area contributed by atoms with E-state index < -0.39 is 0 Å².